The molecule has 0 bridgehead atoms. The minimum Gasteiger partial charge on any atom is -0.393 e. The van der Waals surface area contributed by atoms with Gasteiger partial charge in [-0.05, 0) is 25.0 Å². The summed E-state index contributed by atoms with van der Waals surface area (Å²) in [5.41, 5.74) is 6.42. The number of nitrogens with zero attached hydrogens (tertiary/aromatic N) is 1. The van der Waals surface area contributed by atoms with Gasteiger partial charge < -0.3 is 11.1 Å². The molecule has 1 rings (SSSR count). The lowest BCUT2D eigenvalue weighted by molar-refractivity contribution is -0.124. The Balaban J connectivity index is 2.72. The first-order chi connectivity index (χ1) is 8.43. The van der Waals surface area contributed by atoms with E-state index in [0.29, 0.717) is 0 Å². The molecule has 0 saturated carbocycles. The van der Waals surface area contributed by atoms with Crippen LogP contribution in [0.3, 0.4) is 0 Å². The Bertz CT molecular complexity index is 420. The Morgan fingerprint density at radius 3 is 2.50 bits per heavy atom. The molecule has 3 N–H and O–H groups in total. The second-order valence-electron chi connectivity index (χ2n) is 4.61. The molecule has 0 fully saturated rings. The largest absolute Gasteiger partial charge is 0.393 e. The van der Waals surface area contributed by atoms with Gasteiger partial charge >= 0.3 is 0 Å². The summed E-state index contributed by atoms with van der Waals surface area (Å²) in [6.45, 7) is 5.74. The van der Waals surface area contributed by atoms with Crippen LogP contribution in [0.5, 0.6) is 0 Å². The molecule has 0 aromatic carbocycles. The average molecular weight is 265 g/mol. The number of hydrogen-bond acceptors (Lipinski definition) is 3. The number of rotatable bonds is 5. The molecule has 0 radical (unpaired) electrons. The van der Waals surface area contributed by atoms with E-state index in [9.17, 15) is 4.79 Å². The van der Waals surface area contributed by atoms with E-state index in [-0.39, 0.29) is 22.9 Å². The lowest BCUT2D eigenvalue weighted by atomic mass is 9.94. The zero-order valence-electron chi connectivity index (χ0n) is 10.9. The molecule has 18 heavy (non-hydrogen) atoms. The highest BCUT2D eigenvalue weighted by Gasteiger charge is 2.26. The van der Waals surface area contributed by atoms with Crippen molar-refractivity contribution < 1.29 is 4.79 Å². The highest BCUT2D eigenvalue weighted by Crippen LogP contribution is 2.15. The molecule has 0 spiro atoms. The van der Waals surface area contributed by atoms with Gasteiger partial charge in [-0.25, -0.2) is 0 Å². The smallest absolute Gasteiger partial charge is 0.230 e. The molecule has 1 aromatic rings. The van der Waals surface area contributed by atoms with Crippen LogP contribution in [-0.2, 0) is 4.79 Å². The summed E-state index contributed by atoms with van der Waals surface area (Å²) < 4.78 is 0. The summed E-state index contributed by atoms with van der Waals surface area (Å²) in [7, 11) is 0. The molecule has 2 atom stereocenters. The second kappa shape index (κ2) is 6.44. The van der Waals surface area contributed by atoms with Crippen LogP contribution in [0.1, 0.15) is 32.5 Å². The number of carbonyl (C=O) groups excluding carboxylic acids is 1. The van der Waals surface area contributed by atoms with Crippen molar-refractivity contribution >= 4 is 23.1 Å². The predicted molar refractivity (Wildman–Crippen MR) is 75.9 cm³/mol. The van der Waals surface area contributed by atoms with E-state index in [1.165, 1.54) is 0 Å². The zero-order valence-corrected chi connectivity index (χ0v) is 11.7. The first-order valence-corrected chi connectivity index (χ1v) is 6.35. The third-order valence-electron chi connectivity index (χ3n) is 2.75. The molecule has 1 heterocycles. The van der Waals surface area contributed by atoms with Crippen LogP contribution in [0.2, 0.25) is 0 Å². The van der Waals surface area contributed by atoms with E-state index < -0.39 is 5.92 Å². The summed E-state index contributed by atoms with van der Waals surface area (Å²) >= 11 is 4.94. The van der Waals surface area contributed by atoms with Crippen LogP contribution in [0.25, 0.3) is 0 Å². The quantitative estimate of drug-likeness (QED) is 0.797. The maximum absolute atomic E-state index is 12.1. The zero-order chi connectivity index (χ0) is 13.7. The van der Waals surface area contributed by atoms with Crippen LogP contribution in [0.4, 0.5) is 0 Å². The standard InChI is InChI=1S/C13H19N3OS/c1-8(2)11(12(14)18)13(17)16-9(3)10-6-4-5-7-15-10/h4-9,11H,1-3H3,(H2,14,18)(H,16,17). The van der Waals surface area contributed by atoms with E-state index in [0.717, 1.165) is 5.69 Å². The third kappa shape index (κ3) is 3.77. The van der Waals surface area contributed by atoms with Gasteiger partial charge in [-0.15, -0.1) is 0 Å². The molecule has 1 aromatic heterocycles. The molecular weight excluding hydrogens is 246 g/mol. The fourth-order valence-corrected chi connectivity index (χ4v) is 2.15. The summed E-state index contributed by atoms with van der Waals surface area (Å²) in [6.07, 6.45) is 1.70. The number of thiocarbonyl (C=S) groups is 1. The summed E-state index contributed by atoms with van der Waals surface area (Å²) in [6, 6.07) is 5.44. The number of nitrogens with one attached hydrogen (secondary N) is 1. The Morgan fingerprint density at radius 2 is 2.06 bits per heavy atom. The molecule has 98 valence electrons. The van der Waals surface area contributed by atoms with Crippen LogP contribution >= 0.6 is 12.2 Å². The van der Waals surface area contributed by atoms with Crippen LogP contribution in [0.15, 0.2) is 24.4 Å². The summed E-state index contributed by atoms with van der Waals surface area (Å²) in [5, 5.41) is 2.89. The van der Waals surface area contributed by atoms with Gasteiger partial charge in [0.05, 0.1) is 22.6 Å². The fourth-order valence-electron chi connectivity index (χ4n) is 1.77. The maximum atomic E-state index is 12.1. The molecular formula is C13H19N3OS. The van der Waals surface area contributed by atoms with Crippen molar-refractivity contribution in [1.82, 2.24) is 10.3 Å². The number of aromatic nitrogens is 1. The van der Waals surface area contributed by atoms with Gasteiger partial charge in [0, 0.05) is 6.20 Å². The van der Waals surface area contributed by atoms with Crippen molar-refractivity contribution in [2.75, 3.05) is 0 Å². The van der Waals surface area contributed by atoms with Gasteiger partial charge in [0.2, 0.25) is 5.91 Å². The lowest BCUT2D eigenvalue weighted by Gasteiger charge is -2.21. The van der Waals surface area contributed by atoms with Gasteiger partial charge in [0.1, 0.15) is 0 Å². The monoisotopic (exact) mass is 265 g/mol. The Labute approximate surface area is 113 Å². The highest BCUT2D eigenvalue weighted by atomic mass is 32.1. The number of pyridine rings is 1. The Kier molecular flexibility index (Phi) is 5.22. The van der Waals surface area contributed by atoms with Crippen LogP contribution in [-0.4, -0.2) is 15.9 Å². The maximum Gasteiger partial charge on any atom is 0.230 e. The van der Waals surface area contributed by atoms with Crippen LogP contribution in [0, 0.1) is 11.8 Å². The molecule has 0 aliphatic rings. The van der Waals surface area contributed by atoms with Crippen molar-refractivity contribution in [3.8, 4) is 0 Å². The number of carbonyl (C=O) groups is 1. The van der Waals surface area contributed by atoms with Crippen molar-refractivity contribution in [3.63, 3.8) is 0 Å². The molecule has 0 aliphatic carbocycles. The van der Waals surface area contributed by atoms with Crippen molar-refractivity contribution in [2.45, 2.75) is 26.8 Å². The first-order valence-electron chi connectivity index (χ1n) is 5.94. The van der Waals surface area contributed by atoms with Gasteiger partial charge in [-0.2, -0.15) is 0 Å². The highest BCUT2D eigenvalue weighted by molar-refractivity contribution is 7.80. The van der Waals surface area contributed by atoms with Gasteiger partial charge in [0.25, 0.3) is 0 Å². The minimum absolute atomic E-state index is 0.0819. The van der Waals surface area contributed by atoms with Gasteiger partial charge in [-0.1, -0.05) is 32.1 Å². The minimum atomic E-state index is -0.439. The van der Waals surface area contributed by atoms with Gasteiger partial charge in [-0.3, -0.25) is 9.78 Å². The van der Waals surface area contributed by atoms with E-state index in [1.807, 2.05) is 39.0 Å². The number of amides is 1. The van der Waals surface area contributed by atoms with E-state index in [1.54, 1.807) is 6.20 Å². The average Bonchev–Trinajstić information content (AvgIpc) is 2.28. The fraction of sp³-hybridized carbons (Fsp3) is 0.462. The van der Waals surface area contributed by atoms with Crippen molar-refractivity contribution in [1.29, 1.82) is 0 Å². The number of hydrogen-bond donors (Lipinski definition) is 2. The summed E-state index contributed by atoms with van der Waals surface area (Å²) in [5.74, 6) is -0.500. The second-order valence-corrected chi connectivity index (χ2v) is 5.08. The summed E-state index contributed by atoms with van der Waals surface area (Å²) in [4.78, 5) is 16.5. The van der Waals surface area contributed by atoms with Crippen molar-refractivity contribution in [3.05, 3.63) is 30.1 Å². The Hall–Kier alpha value is -1.49. The van der Waals surface area contributed by atoms with Gasteiger partial charge in [0.15, 0.2) is 0 Å². The van der Waals surface area contributed by atoms with E-state index >= 15 is 0 Å². The first kappa shape index (κ1) is 14.6. The van der Waals surface area contributed by atoms with E-state index in [4.69, 9.17) is 18.0 Å². The number of nitrogens with two attached hydrogens (primary N) is 1. The molecule has 0 saturated heterocycles. The molecule has 5 heteroatoms. The predicted octanol–water partition coefficient (Wildman–Crippen LogP) is 1.82. The van der Waals surface area contributed by atoms with Crippen LogP contribution < -0.4 is 11.1 Å². The molecule has 0 aliphatic heterocycles. The van der Waals surface area contributed by atoms with Crippen molar-refractivity contribution in [2.24, 2.45) is 17.6 Å². The SMILES string of the molecule is CC(NC(=O)C(C(N)=S)C(C)C)c1ccccn1. The Morgan fingerprint density at radius 1 is 1.39 bits per heavy atom. The normalized spacial score (nSPS) is 14.0. The molecule has 2 unspecified atom stereocenters. The molecule has 1 amide bonds. The third-order valence-corrected chi connectivity index (χ3v) is 3.00. The lowest BCUT2D eigenvalue weighted by Crippen LogP contribution is -2.41. The topological polar surface area (TPSA) is 68.0 Å². The molecule has 4 nitrogen and oxygen atoms in total. The van der Waals surface area contributed by atoms with E-state index in [2.05, 4.69) is 10.3 Å².